The predicted octanol–water partition coefficient (Wildman–Crippen LogP) is 2.75. The molecule has 1 heterocycles. The largest absolute Gasteiger partial charge is 0.477 e. The molecule has 0 aliphatic rings. The molecular formula is C11H12O3S. The van der Waals surface area contributed by atoms with Crippen molar-refractivity contribution in [2.24, 2.45) is 0 Å². The van der Waals surface area contributed by atoms with Crippen molar-refractivity contribution in [3.8, 4) is 0 Å². The zero-order valence-electron chi connectivity index (χ0n) is 8.45. The highest BCUT2D eigenvalue weighted by Gasteiger charge is 2.13. The van der Waals surface area contributed by atoms with Crippen LogP contribution in [-0.4, -0.2) is 24.8 Å². The molecule has 80 valence electrons. The lowest BCUT2D eigenvalue weighted by atomic mass is 10.1. The highest BCUT2D eigenvalue weighted by atomic mass is 32.1. The summed E-state index contributed by atoms with van der Waals surface area (Å²) in [4.78, 5) is 11.9. The van der Waals surface area contributed by atoms with Crippen LogP contribution in [0.25, 0.3) is 11.6 Å². The lowest BCUT2D eigenvalue weighted by Gasteiger charge is -2.02. The summed E-state index contributed by atoms with van der Waals surface area (Å²) in [5.41, 5.74) is 1.56. The van der Waals surface area contributed by atoms with Crippen LogP contribution in [0.5, 0.6) is 0 Å². The van der Waals surface area contributed by atoms with E-state index < -0.39 is 5.97 Å². The second-order valence-electron chi connectivity index (χ2n) is 2.94. The Balaban J connectivity index is 3.10. The molecule has 0 radical (unpaired) electrons. The standard InChI is InChI=1S/C11H12O3S/c1-4-8-5-9(11(12)13)15-10(8)7(2)6-14-3/h4-5H,1-2,6H2,3H3,(H,12,13). The fourth-order valence-corrected chi connectivity index (χ4v) is 2.13. The molecule has 0 aliphatic heterocycles. The molecule has 0 fully saturated rings. The minimum absolute atomic E-state index is 0.289. The highest BCUT2D eigenvalue weighted by molar-refractivity contribution is 7.15. The summed E-state index contributed by atoms with van der Waals surface area (Å²) in [5.74, 6) is -0.931. The van der Waals surface area contributed by atoms with Gasteiger partial charge in [0.05, 0.1) is 6.61 Å². The molecule has 0 aliphatic carbocycles. The van der Waals surface area contributed by atoms with Crippen molar-refractivity contribution < 1.29 is 14.6 Å². The molecule has 0 saturated heterocycles. The third-order valence-electron chi connectivity index (χ3n) is 1.83. The lowest BCUT2D eigenvalue weighted by molar-refractivity contribution is 0.0702. The Hall–Kier alpha value is -1.39. The fourth-order valence-electron chi connectivity index (χ4n) is 1.18. The van der Waals surface area contributed by atoms with Crippen LogP contribution in [0.1, 0.15) is 20.1 Å². The van der Waals surface area contributed by atoms with E-state index in [2.05, 4.69) is 13.2 Å². The molecule has 1 rings (SSSR count). The van der Waals surface area contributed by atoms with E-state index in [-0.39, 0.29) is 4.88 Å². The Morgan fingerprint density at radius 1 is 1.73 bits per heavy atom. The molecule has 1 aromatic rings. The molecule has 15 heavy (non-hydrogen) atoms. The van der Waals surface area contributed by atoms with Gasteiger partial charge in [-0.3, -0.25) is 0 Å². The summed E-state index contributed by atoms with van der Waals surface area (Å²) in [7, 11) is 1.57. The molecule has 0 spiro atoms. The van der Waals surface area contributed by atoms with Gasteiger partial charge in [0, 0.05) is 12.0 Å². The maximum absolute atomic E-state index is 10.8. The van der Waals surface area contributed by atoms with Crippen LogP contribution in [0.15, 0.2) is 19.2 Å². The maximum atomic E-state index is 10.8. The van der Waals surface area contributed by atoms with Crippen molar-refractivity contribution in [1.82, 2.24) is 0 Å². The van der Waals surface area contributed by atoms with E-state index in [1.54, 1.807) is 19.3 Å². The van der Waals surface area contributed by atoms with Gasteiger partial charge in [0.15, 0.2) is 0 Å². The van der Waals surface area contributed by atoms with Crippen molar-refractivity contribution in [1.29, 1.82) is 0 Å². The van der Waals surface area contributed by atoms with Crippen molar-refractivity contribution in [3.05, 3.63) is 34.5 Å². The minimum Gasteiger partial charge on any atom is -0.477 e. The van der Waals surface area contributed by atoms with E-state index in [0.29, 0.717) is 6.61 Å². The van der Waals surface area contributed by atoms with Crippen molar-refractivity contribution >= 4 is 29.0 Å². The molecular weight excluding hydrogens is 212 g/mol. The van der Waals surface area contributed by atoms with Crippen molar-refractivity contribution in [2.75, 3.05) is 13.7 Å². The van der Waals surface area contributed by atoms with Gasteiger partial charge >= 0.3 is 5.97 Å². The van der Waals surface area contributed by atoms with Crippen LogP contribution in [0, 0.1) is 0 Å². The highest BCUT2D eigenvalue weighted by Crippen LogP contribution is 2.29. The Kier molecular flexibility index (Phi) is 3.82. The molecule has 1 N–H and O–H groups in total. The van der Waals surface area contributed by atoms with Crippen LogP contribution < -0.4 is 0 Å². The summed E-state index contributed by atoms with van der Waals surface area (Å²) >= 11 is 1.19. The maximum Gasteiger partial charge on any atom is 0.345 e. The van der Waals surface area contributed by atoms with Gasteiger partial charge in [0.25, 0.3) is 0 Å². The molecule has 0 saturated carbocycles. The Morgan fingerprint density at radius 3 is 2.87 bits per heavy atom. The molecule has 3 nitrogen and oxygen atoms in total. The predicted molar refractivity (Wildman–Crippen MR) is 62.3 cm³/mol. The number of aromatic carboxylic acids is 1. The molecule has 0 bridgehead atoms. The van der Waals surface area contributed by atoms with E-state index in [1.165, 1.54) is 11.3 Å². The monoisotopic (exact) mass is 224 g/mol. The topological polar surface area (TPSA) is 46.5 Å². The van der Waals surface area contributed by atoms with Gasteiger partial charge in [0.1, 0.15) is 4.88 Å². The normalized spacial score (nSPS) is 9.93. The number of carboxylic acids is 1. The molecule has 0 aromatic carbocycles. The molecule has 1 aromatic heterocycles. The molecule has 4 heteroatoms. The number of methoxy groups -OCH3 is 1. The zero-order chi connectivity index (χ0) is 11.4. The first kappa shape index (κ1) is 11.7. The van der Waals surface area contributed by atoms with E-state index in [1.807, 2.05) is 0 Å². The van der Waals surface area contributed by atoms with Gasteiger partial charge in [-0.1, -0.05) is 19.2 Å². The van der Waals surface area contributed by atoms with Gasteiger partial charge < -0.3 is 9.84 Å². The summed E-state index contributed by atoms with van der Waals surface area (Å²) in [5, 5.41) is 8.84. The lowest BCUT2D eigenvalue weighted by Crippen LogP contribution is -1.91. The fraction of sp³-hybridized carbons (Fsp3) is 0.182. The average molecular weight is 224 g/mol. The van der Waals surface area contributed by atoms with Gasteiger partial charge in [-0.05, 0) is 17.2 Å². The Bertz CT molecular complexity index is 404. The number of hydrogen-bond acceptors (Lipinski definition) is 3. The minimum atomic E-state index is -0.931. The van der Waals surface area contributed by atoms with Crippen LogP contribution in [-0.2, 0) is 4.74 Å². The third kappa shape index (κ3) is 2.55. The van der Waals surface area contributed by atoms with Crippen LogP contribution in [0.4, 0.5) is 0 Å². The van der Waals surface area contributed by atoms with Crippen LogP contribution >= 0.6 is 11.3 Å². The first-order chi connectivity index (χ1) is 7.10. The SMILES string of the molecule is C=Cc1cc(C(=O)O)sc1C(=C)COC. The second-order valence-corrected chi connectivity index (χ2v) is 3.99. The first-order valence-corrected chi connectivity index (χ1v) is 5.08. The number of hydrogen-bond donors (Lipinski definition) is 1. The molecule has 0 atom stereocenters. The number of carboxylic acid groups (broad SMARTS) is 1. The summed E-state index contributed by atoms with van der Waals surface area (Å²) in [6.07, 6.45) is 1.62. The van der Waals surface area contributed by atoms with Crippen LogP contribution in [0.2, 0.25) is 0 Å². The van der Waals surface area contributed by atoms with Gasteiger partial charge in [-0.15, -0.1) is 11.3 Å². The van der Waals surface area contributed by atoms with Crippen molar-refractivity contribution in [2.45, 2.75) is 0 Å². The average Bonchev–Trinajstić information content (AvgIpc) is 2.61. The number of thiophene rings is 1. The van der Waals surface area contributed by atoms with Crippen molar-refractivity contribution in [3.63, 3.8) is 0 Å². The second kappa shape index (κ2) is 4.91. The van der Waals surface area contributed by atoms with Gasteiger partial charge in [-0.2, -0.15) is 0 Å². The van der Waals surface area contributed by atoms with E-state index >= 15 is 0 Å². The molecule has 0 unspecified atom stereocenters. The number of carbonyl (C=O) groups is 1. The third-order valence-corrected chi connectivity index (χ3v) is 3.07. The van der Waals surface area contributed by atoms with Gasteiger partial charge in [0.2, 0.25) is 0 Å². The Labute approximate surface area is 92.3 Å². The quantitative estimate of drug-likeness (QED) is 0.836. The van der Waals surface area contributed by atoms with Crippen LogP contribution in [0.3, 0.4) is 0 Å². The molecule has 0 amide bonds. The smallest absolute Gasteiger partial charge is 0.345 e. The summed E-state index contributed by atoms with van der Waals surface area (Å²) < 4.78 is 4.95. The Morgan fingerprint density at radius 2 is 2.40 bits per heavy atom. The van der Waals surface area contributed by atoms with E-state index in [0.717, 1.165) is 16.0 Å². The van der Waals surface area contributed by atoms with Gasteiger partial charge in [-0.25, -0.2) is 4.79 Å². The summed E-state index contributed by atoms with van der Waals surface area (Å²) in [6, 6.07) is 1.59. The summed E-state index contributed by atoms with van der Waals surface area (Å²) in [6.45, 7) is 7.87. The first-order valence-electron chi connectivity index (χ1n) is 4.26. The van der Waals surface area contributed by atoms with E-state index in [4.69, 9.17) is 9.84 Å². The zero-order valence-corrected chi connectivity index (χ0v) is 9.26. The number of ether oxygens (including phenoxy) is 1. The number of rotatable bonds is 5. The van der Waals surface area contributed by atoms with E-state index in [9.17, 15) is 4.79 Å².